The molecule has 0 radical (unpaired) electrons. The highest BCUT2D eigenvalue weighted by Gasteiger charge is 2.13. The molecule has 0 saturated heterocycles. The lowest BCUT2D eigenvalue weighted by atomic mass is 10.1. The molecular weight excluding hydrogens is 186 g/mol. The third kappa shape index (κ3) is 2.52. The maximum Gasteiger partial charge on any atom is 0.0758 e. The lowest BCUT2D eigenvalue weighted by molar-refractivity contribution is 0.619. The van der Waals surface area contributed by atoms with Crippen LogP contribution in [0.3, 0.4) is 0 Å². The average molecular weight is 207 g/mol. The highest BCUT2D eigenvalue weighted by atomic mass is 15.3. The van der Waals surface area contributed by atoms with Crippen molar-refractivity contribution in [3.05, 3.63) is 11.9 Å². The number of nitrogens with zero attached hydrogens (tertiary/aromatic N) is 2. The summed E-state index contributed by atoms with van der Waals surface area (Å²) >= 11 is 0. The van der Waals surface area contributed by atoms with Crippen LogP contribution in [0, 0.1) is 6.92 Å². The van der Waals surface area contributed by atoms with Gasteiger partial charge in [-0.1, -0.05) is 25.7 Å². The molecule has 1 aromatic heterocycles. The molecule has 15 heavy (non-hydrogen) atoms. The Bertz CT molecular complexity index is 309. The van der Waals surface area contributed by atoms with Gasteiger partial charge < -0.3 is 5.32 Å². The van der Waals surface area contributed by atoms with Crippen LogP contribution in [-0.4, -0.2) is 15.8 Å². The molecule has 1 aliphatic rings. The van der Waals surface area contributed by atoms with Crippen LogP contribution in [0.1, 0.15) is 44.2 Å². The van der Waals surface area contributed by atoms with Gasteiger partial charge in [-0.15, -0.1) is 0 Å². The fraction of sp³-hybridized carbons (Fsp3) is 0.750. The van der Waals surface area contributed by atoms with Gasteiger partial charge in [-0.05, 0) is 19.8 Å². The molecule has 0 spiro atoms. The number of hydrogen-bond acceptors (Lipinski definition) is 2. The standard InChI is InChI=1S/C12H21N3/c1-10-12(9-13-15(10)2)14-11-7-5-3-4-6-8-11/h9,11,14H,3-8H2,1-2H3. The van der Waals surface area contributed by atoms with Gasteiger partial charge in [0.05, 0.1) is 17.6 Å². The normalized spacial score (nSPS) is 18.8. The molecule has 0 aromatic carbocycles. The average Bonchev–Trinajstić information content (AvgIpc) is 2.50. The van der Waals surface area contributed by atoms with E-state index in [4.69, 9.17) is 0 Å². The summed E-state index contributed by atoms with van der Waals surface area (Å²) in [5.74, 6) is 0. The van der Waals surface area contributed by atoms with Crippen molar-refractivity contribution < 1.29 is 0 Å². The fourth-order valence-corrected chi connectivity index (χ4v) is 2.28. The largest absolute Gasteiger partial charge is 0.380 e. The maximum atomic E-state index is 4.26. The van der Waals surface area contributed by atoms with Crippen molar-refractivity contribution in [1.82, 2.24) is 9.78 Å². The Balaban J connectivity index is 1.98. The number of anilines is 1. The molecule has 1 heterocycles. The van der Waals surface area contributed by atoms with E-state index in [-0.39, 0.29) is 0 Å². The van der Waals surface area contributed by atoms with Crippen LogP contribution >= 0.6 is 0 Å². The molecule has 1 saturated carbocycles. The van der Waals surface area contributed by atoms with Gasteiger partial charge in [0, 0.05) is 13.1 Å². The van der Waals surface area contributed by atoms with Crippen LogP contribution in [0.25, 0.3) is 0 Å². The summed E-state index contributed by atoms with van der Waals surface area (Å²) in [5, 5.41) is 7.89. The highest BCUT2D eigenvalue weighted by molar-refractivity contribution is 5.46. The minimum atomic E-state index is 0.662. The van der Waals surface area contributed by atoms with E-state index in [9.17, 15) is 0 Å². The number of rotatable bonds is 2. The molecule has 0 atom stereocenters. The molecule has 1 aliphatic carbocycles. The van der Waals surface area contributed by atoms with Crippen molar-refractivity contribution in [2.24, 2.45) is 7.05 Å². The molecule has 0 bridgehead atoms. The molecule has 2 rings (SSSR count). The summed E-state index contributed by atoms with van der Waals surface area (Å²) in [5.41, 5.74) is 2.45. The Morgan fingerprint density at radius 2 is 1.93 bits per heavy atom. The second kappa shape index (κ2) is 4.69. The zero-order valence-corrected chi connectivity index (χ0v) is 9.79. The van der Waals surface area contributed by atoms with Gasteiger partial charge in [-0.25, -0.2) is 0 Å². The molecule has 0 unspecified atom stereocenters. The Morgan fingerprint density at radius 3 is 2.47 bits per heavy atom. The van der Waals surface area contributed by atoms with Gasteiger partial charge in [0.25, 0.3) is 0 Å². The number of hydrogen-bond donors (Lipinski definition) is 1. The maximum absolute atomic E-state index is 4.26. The van der Waals surface area contributed by atoms with Crippen LogP contribution in [0.2, 0.25) is 0 Å². The molecule has 3 nitrogen and oxygen atoms in total. The molecule has 1 N–H and O–H groups in total. The lowest BCUT2D eigenvalue weighted by Crippen LogP contribution is -2.18. The van der Waals surface area contributed by atoms with E-state index < -0.39 is 0 Å². The van der Waals surface area contributed by atoms with Crippen LogP contribution in [0.4, 0.5) is 5.69 Å². The topological polar surface area (TPSA) is 29.9 Å². The predicted octanol–water partition coefficient (Wildman–Crippen LogP) is 2.86. The first-order valence-electron chi connectivity index (χ1n) is 6.02. The summed E-state index contributed by atoms with van der Waals surface area (Å²) < 4.78 is 1.93. The smallest absolute Gasteiger partial charge is 0.0758 e. The van der Waals surface area contributed by atoms with Gasteiger partial charge in [0.1, 0.15) is 0 Å². The molecule has 84 valence electrons. The first-order valence-corrected chi connectivity index (χ1v) is 6.02. The van der Waals surface area contributed by atoms with E-state index in [1.54, 1.807) is 0 Å². The van der Waals surface area contributed by atoms with E-state index in [1.807, 2.05) is 17.9 Å². The predicted molar refractivity (Wildman–Crippen MR) is 63.1 cm³/mol. The Kier molecular flexibility index (Phi) is 3.29. The van der Waals surface area contributed by atoms with E-state index >= 15 is 0 Å². The van der Waals surface area contributed by atoms with E-state index in [2.05, 4.69) is 17.3 Å². The second-order valence-corrected chi connectivity index (χ2v) is 4.60. The summed E-state index contributed by atoms with van der Waals surface area (Å²) in [7, 11) is 1.99. The van der Waals surface area contributed by atoms with Crippen LogP contribution in [0.15, 0.2) is 6.20 Å². The number of aromatic nitrogens is 2. The van der Waals surface area contributed by atoms with Crippen molar-refractivity contribution in [2.75, 3.05) is 5.32 Å². The molecule has 1 aromatic rings. The lowest BCUT2D eigenvalue weighted by Gasteiger charge is -2.16. The van der Waals surface area contributed by atoms with Gasteiger partial charge >= 0.3 is 0 Å². The minimum absolute atomic E-state index is 0.662. The monoisotopic (exact) mass is 207 g/mol. The first kappa shape index (κ1) is 10.5. The van der Waals surface area contributed by atoms with Gasteiger partial charge in [-0.3, -0.25) is 4.68 Å². The van der Waals surface area contributed by atoms with Crippen molar-refractivity contribution in [3.8, 4) is 0 Å². The van der Waals surface area contributed by atoms with Crippen molar-refractivity contribution in [3.63, 3.8) is 0 Å². The summed E-state index contributed by atoms with van der Waals surface area (Å²) in [4.78, 5) is 0. The first-order chi connectivity index (χ1) is 7.27. The highest BCUT2D eigenvalue weighted by Crippen LogP contribution is 2.22. The summed E-state index contributed by atoms with van der Waals surface area (Å²) in [6.45, 7) is 2.12. The number of nitrogens with one attached hydrogen (secondary N) is 1. The fourth-order valence-electron chi connectivity index (χ4n) is 2.28. The second-order valence-electron chi connectivity index (χ2n) is 4.60. The SMILES string of the molecule is Cc1c(NC2CCCCCC2)cnn1C. The van der Waals surface area contributed by atoms with Crippen molar-refractivity contribution >= 4 is 5.69 Å². The van der Waals surface area contributed by atoms with Gasteiger partial charge in [0.15, 0.2) is 0 Å². The van der Waals surface area contributed by atoms with Crippen LogP contribution < -0.4 is 5.32 Å². The molecule has 0 amide bonds. The Hall–Kier alpha value is -0.990. The molecule has 3 heteroatoms. The molecular formula is C12H21N3. The molecule has 0 aliphatic heterocycles. The molecule has 1 fully saturated rings. The number of aryl methyl sites for hydroxylation is 1. The van der Waals surface area contributed by atoms with Crippen LogP contribution in [-0.2, 0) is 7.05 Å². The Labute approximate surface area is 91.9 Å². The zero-order valence-electron chi connectivity index (χ0n) is 9.79. The minimum Gasteiger partial charge on any atom is -0.380 e. The summed E-state index contributed by atoms with van der Waals surface area (Å²) in [6.07, 6.45) is 10.1. The van der Waals surface area contributed by atoms with E-state index in [0.717, 1.165) is 0 Å². The van der Waals surface area contributed by atoms with Crippen molar-refractivity contribution in [2.45, 2.75) is 51.5 Å². The summed E-state index contributed by atoms with van der Waals surface area (Å²) in [6, 6.07) is 0.662. The third-order valence-electron chi connectivity index (χ3n) is 3.45. The zero-order chi connectivity index (χ0) is 10.7. The van der Waals surface area contributed by atoms with Gasteiger partial charge in [-0.2, -0.15) is 5.10 Å². The van der Waals surface area contributed by atoms with E-state index in [0.29, 0.717) is 6.04 Å². The Morgan fingerprint density at radius 1 is 1.27 bits per heavy atom. The van der Waals surface area contributed by atoms with Crippen LogP contribution in [0.5, 0.6) is 0 Å². The quantitative estimate of drug-likeness (QED) is 0.756. The third-order valence-corrected chi connectivity index (χ3v) is 3.45. The van der Waals surface area contributed by atoms with Crippen molar-refractivity contribution in [1.29, 1.82) is 0 Å². The van der Waals surface area contributed by atoms with E-state index in [1.165, 1.54) is 49.9 Å². The van der Waals surface area contributed by atoms with Gasteiger partial charge in [0.2, 0.25) is 0 Å².